The summed E-state index contributed by atoms with van der Waals surface area (Å²) >= 11 is 6.16. The van der Waals surface area contributed by atoms with Crippen molar-refractivity contribution in [3.63, 3.8) is 0 Å². The number of halogens is 2. The lowest BCUT2D eigenvalue weighted by atomic mass is 9.94. The second kappa shape index (κ2) is 10.3. The van der Waals surface area contributed by atoms with E-state index in [2.05, 4.69) is 34.6 Å². The maximum Gasteiger partial charge on any atom is 0.225 e. The first-order valence-corrected chi connectivity index (χ1v) is 10.3. The normalized spacial score (nSPS) is 19.1. The molecule has 0 saturated carbocycles. The second-order valence-electron chi connectivity index (χ2n) is 7.85. The summed E-state index contributed by atoms with van der Waals surface area (Å²) in [5.41, 5.74) is 1.54. The fourth-order valence-corrected chi connectivity index (χ4v) is 4.33. The van der Waals surface area contributed by atoms with Crippen molar-refractivity contribution in [1.82, 2.24) is 9.80 Å². The molecule has 2 aliphatic rings. The van der Waals surface area contributed by atoms with Crippen LogP contribution in [-0.2, 0) is 4.79 Å². The molecule has 0 N–H and O–H groups in total. The first kappa shape index (κ1) is 22.8. The van der Waals surface area contributed by atoms with Crippen LogP contribution in [0, 0.1) is 17.2 Å². The highest BCUT2D eigenvalue weighted by atomic mass is 35.5. The van der Waals surface area contributed by atoms with E-state index >= 15 is 0 Å². The molecular formula is C21H30Cl2N4O. The molecule has 2 saturated heterocycles. The van der Waals surface area contributed by atoms with Crippen LogP contribution in [0.15, 0.2) is 18.2 Å². The molecule has 28 heavy (non-hydrogen) atoms. The van der Waals surface area contributed by atoms with Crippen molar-refractivity contribution >= 4 is 35.6 Å². The number of nitriles is 1. The fraction of sp³-hybridized carbons (Fsp3) is 0.619. The number of carbonyl (C=O) groups excluding carboxylic acids is 1. The summed E-state index contributed by atoms with van der Waals surface area (Å²) in [5, 5.41) is 9.51. The summed E-state index contributed by atoms with van der Waals surface area (Å²) in [7, 11) is 0. The van der Waals surface area contributed by atoms with Gasteiger partial charge in [0, 0.05) is 56.9 Å². The van der Waals surface area contributed by atoms with Crippen molar-refractivity contribution in [2.24, 2.45) is 5.92 Å². The first-order valence-electron chi connectivity index (χ1n) is 9.97. The number of amides is 1. The maximum absolute atomic E-state index is 13.0. The third-order valence-corrected chi connectivity index (χ3v) is 6.17. The molecule has 1 amide bonds. The summed E-state index contributed by atoms with van der Waals surface area (Å²) in [6, 6.07) is 8.21. The lowest BCUT2D eigenvalue weighted by molar-refractivity contribution is -0.136. The van der Waals surface area contributed by atoms with Crippen LogP contribution < -0.4 is 4.90 Å². The number of rotatable bonds is 3. The molecule has 1 aromatic carbocycles. The molecule has 0 unspecified atom stereocenters. The van der Waals surface area contributed by atoms with Crippen molar-refractivity contribution < 1.29 is 4.79 Å². The lowest BCUT2D eigenvalue weighted by Gasteiger charge is -2.35. The molecule has 7 heteroatoms. The van der Waals surface area contributed by atoms with Crippen molar-refractivity contribution in [1.29, 1.82) is 5.26 Å². The monoisotopic (exact) mass is 424 g/mol. The number of benzene rings is 1. The summed E-state index contributed by atoms with van der Waals surface area (Å²) in [4.78, 5) is 19.8. The standard InChI is InChI=1S/C21H29ClN4O.ClH/c1-16(2)24-8-3-9-26(13-12-24)21(27)17-6-10-25(11-7-17)19-5-4-18(15-23)20(22)14-19;/h4-5,14,16-17H,3,6-13H2,1-2H3;1H. The quantitative estimate of drug-likeness (QED) is 0.740. The highest BCUT2D eigenvalue weighted by molar-refractivity contribution is 6.32. The highest BCUT2D eigenvalue weighted by Gasteiger charge is 2.30. The zero-order chi connectivity index (χ0) is 19.4. The zero-order valence-electron chi connectivity index (χ0n) is 16.7. The van der Waals surface area contributed by atoms with Gasteiger partial charge in [-0.05, 0) is 51.3 Å². The van der Waals surface area contributed by atoms with Crippen LogP contribution >= 0.6 is 24.0 Å². The van der Waals surface area contributed by atoms with Gasteiger partial charge in [0.2, 0.25) is 5.91 Å². The van der Waals surface area contributed by atoms with E-state index in [1.54, 1.807) is 6.07 Å². The third-order valence-electron chi connectivity index (χ3n) is 5.85. The fourth-order valence-electron chi connectivity index (χ4n) is 4.11. The highest BCUT2D eigenvalue weighted by Crippen LogP contribution is 2.28. The van der Waals surface area contributed by atoms with E-state index in [1.807, 2.05) is 12.1 Å². The topological polar surface area (TPSA) is 50.6 Å². The lowest BCUT2D eigenvalue weighted by Crippen LogP contribution is -2.44. The number of hydrogen-bond donors (Lipinski definition) is 0. The van der Waals surface area contributed by atoms with Crippen LogP contribution in [0.2, 0.25) is 5.02 Å². The molecule has 3 rings (SSSR count). The Balaban J connectivity index is 0.00000280. The second-order valence-corrected chi connectivity index (χ2v) is 8.25. The molecule has 154 valence electrons. The van der Waals surface area contributed by atoms with Crippen molar-refractivity contribution in [2.45, 2.75) is 39.2 Å². The minimum absolute atomic E-state index is 0. The molecule has 0 radical (unpaired) electrons. The Morgan fingerprint density at radius 3 is 2.46 bits per heavy atom. The Morgan fingerprint density at radius 2 is 1.86 bits per heavy atom. The molecule has 0 aliphatic carbocycles. The van der Waals surface area contributed by atoms with Gasteiger partial charge in [0.15, 0.2) is 0 Å². The van der Waals surface area contributed by atoms with Crippen LogP contribution in [0.5, 0.6) is 0 Å². The van der Waals surface area contributed by atoms with Gasteiger partial charge >= 0.3 is 0 Å². The van der Waals surface area contributed by atoms with Gasteiger partial charge in [0.25, 0.3) is 0 Å². The predicted molar refractivity (Wildman–Crippen MR) is 116 cm³/mol. The Kier molecular flexibility index (Phi) is 8.42. The van der Waals surface area contributed by atoms with Crippen LogP contribution in [0.4, 0.5) is 5.69 Å². The van der Waals surface area contributed by atoms with Crippen LogP contribution in [0.3, 0.4) is 0 Å². The van der Waals surface area contributed by atoms with E-state index < -0.39 is 0 Å². The summed E-state index contributed by atoms with van der Waals surface area (Å²) < 4.78 is 0. The number of anilines is 1. The molecule has 2 heterocycles. The molecule has 1 aromatic rings. The maximum atomic E-state index is 13.0. The van der Waals surface area contributed by atoms with Crippen LogP contribution in [0.25, 0.3) is 0 Å². The summed E-state index contributed by atoms with van der Waals surface area (Å²) in [6.45, 7) is 9.95. The number of hydrogen-bond acceptors (Lipinski definition) is 4. The van der Waals surface area contributed by atoms with Crippen LogP contribution in [-0.4, -0.2) is 61.0 Å². The average Bonchev–Trinajstić information content (AvgIpc) is 2.94. The predicted octanol–water partition coefficient (Wildman–Crippen LogP) is 3.79. The van der Waals surface area contributed by atoms with E-state index in [4.69, 9.17) is 16.9 Å². The Labute approximate surface area is 179 Å². The molecule has 0 aromatic heterocycles. The van der Waals surface area contributed by atoms with Crippen molar-refractivity contribution in [3.8, 4) is 6.07 Å². The molecule has 0 bridgehead atoms. The molecule has 2 aliphatic heterocycles. The van der Waals surface area contributed by atoms with E-state index in [0.29, 0.717) is 22.5 Å². The molecule has 0 atom stereocenters. The summed E-state index contributed by atoms with van der Waals surface area (Å²) in [5.74, 6) is 0.457. The van der Waals surface area contributed by atoms with Crippen molar-refractivity contribution in [2.75, 3.05) is 44.2 Å². The van der Waals surface area contributed by atoms with Crippen LogP contribution in [0.1, 0.15) is 38.7 Å². The first-order chi connectivity index (χ1) is 13.0. The summed E-state index contributed by atoms with van der Waals surface area (Å²) in [6.07, 6.45) is 2.81. The van der Waals surface area contributed by atoms with Crippen molar-refractivity contribution in [3.05, 3.63) is 28.8 Å². The van der Waals surface area contributed by atoms with E-state index in [9.17, 15) is 4.79 Å². The molecule has 5 nitrogen and oxygen atoms in total. The van der Waals surface area contributed by atoms with E-state index in [-0.39, 0.29) is 18.3 Å². The van der Waals surface area contributed by atoms with Gasteiger partial charge in [-0.3, -0.25) is 9.69 Å². The molecule has 0 spiro atoms. The van der Waals surface area contributed by atoms with Gasteiger partial charge < -0.3 is 9.80 Å². The van der Waals surface area contributed by atoms with Gasteiger partial charge in [-0.1, -0.05) is 11.6 Å². The largest absolute Gasteiger partial charge is 0.371 e. The van der Waals surface area contributed by atoms with E-state index in [1.165, 1.54) is 0 Å². The zero-order valence-corrected chi connectivity index (χ0v) is 18.3. The van der Waals surface area contributed by atoms with Gasteiger partial charge in [0.05, 0.1) is 10.6 Å². The Hall–Kier alpha value is -1.48. The molecular weight excluding hydrogens is 395 g/mol. The molecule has 2 fully saturated rings. The van der Waals surface area contributed by atoms with E-state index in [0.717, 1.165) is 64.2 Å². The number of carbonyl (C=O) groups is 1. The van der Waals surface area contributed by atoms with Gasteiger partial charge in [0.1, 0.15) is 6.07 Å². The van der Waals surface area contributed by atoms with Gasteiger partial charge in [-0.15, -0.1) is 12.4 Å². The smallest absolute Gasteiger partial charge is 0.225 e. The third kappa shape index (κ3) is 5.31. The van der Waals surface area contributed by atoms with Gasteiger partial charge in [-0.25, -0.2) is 0 Å². The Morgan fingerprint density at radius 1 is 1.14 bits per heavy atom. The average molecular weight is 425 g/mol. The minimum Gasteiger partial charge on any atom is -0.371 e. The Bertz CT molecular complexity index is 711. The number of nitrogens with zero attached hydrogens (tertiary/aromatic N) is 4. The SMILES string of the molecule is CC(C)N1CCCN(C(=O)C2CCN(c3ccc(C#N)c(Cl)c3)CC2)CC1.Cl. The minimum atomic E-state index is 0. The number of piperidine rings is 1. The van der Waals surface area contributed by atoms with Gasteiger partial charge in [-0.2, -0.15) is 5.26 Å².